The second-order valence-electron chi connectivity index (χ2n) is 5.89. The Hall–Kier alpha value is -2.37. The van der Waals surface area contributed by atoms with Gasteiger partial charge in [-0.15, -0.1) is 0 Å². The first kappa shape index (κ1) is 14.6. The first-order valence-corrected chi connectivity index (χ1v) is 7.67. The molecular weight excluding hydrogens is 280 g/mol. The van der Waals surface area contributed by atoms with Gasteiger partial charge in [0.25, 0.3) is 0 Å². The molecule has 22 heavy (non-hydrogen) atoms. The molecule has 116 valence electrons. The first-order valence-electron chi connectivity index (χ1n) is 7.67. The van der Waals surface area contributed by atoms with Gasteiger partial charge < -0.3 is 10.3 Å². The summed E-state index contributed by atoms with van der Waals surface area (Å²) in [4.78, 5) is 14.1. The molecule has 0 saturated carbocycles. The lowest BCUT2D eigenvalue weighted by molar-refractivity contribution is -0.484. The second-order valence-corrected chi connectivity index (χ2v) is 5.89. The van der Waals surface area contributed by atoms with Crippen molar-refractivity contribution in [1.82, 2.24) is 10.3 Å². The summed E-state index contributed by atoms with van der Waals surface area (Å²) in [5.74, 6) is 0.264. The molecule has 3 N–H and O–H groups in total. The Morgan fingerprint density at radius 2 is 2.18 bits per heavy atom. The molecule has 2 heterocycles. The van der Waals surface area contributed by atoms with E-state index in [1.807, 2.05) is 30.5 Å². The summed E-state index contributed by atoms with van der Waals surface area (Å²) >= 11 is 0. The van der Waals surface area contributed by atoms with Crippen molar-refractivity contribution in [1.29, 1.82) is 5.41 Å². The molecule has 6 heteroatoms. The Balaban J connectivity index is 1.98. The topological polar surface area (TPSA) is 94.8 Å². The smallest absolute Gasteiger partial charge is 0.212 e. The molecule has 0 amide bonds. The largest absolute Gasteiger partial charge is 0.370 e. The fourth-order valence-electron chi connectivity index (χ4n) is 3.34. The Morgan fingerprint density at radius 3 is 3.00 bits per heavy atom. The number of nitro groups is 1. The van der Waals surface area contributed by atoms with Crippen molar-refractivity contribution in [2.45, 2.75) is 37.6 Å². The van der Waals surface area contributed by atoms with Crippen LogP contribution in [0.2, 0.25) is 0 Å². The molecule has 0 aliphatic carbocycles. The van der Waals surface area contributed by atoms with Crippen LogP contribution >= 0.6 is 0 Å². The maximum absolute atomic E-state index is 11.2. The van der Waals surface area contributed by atoms with E-state index in [9.17, 15) is 10.1 Å². The van der Waals surface area contributed by atoms with E-state index in [1.54, 1.807) is 0 Å². The fraction of sp³-hybridized carbons (Fsp3) is 0.438. The van der Waals surface area contributed by atoms with E-state index < -0.39 is 0 Å². The number of nitrogens with one attached hydrogen (secondary N) is 3. The molecule has 0 spiro atoms. The van der Waals surface area contributed by atoms with Gasteiger partial charge in [0.2, 0.25) is 6.54 Å². The number of benzene rings is 1. The van der Waals surface area contributed by atoms with Crippen molar-refractivity contribution in [2.75, 3.05) is 6.54 Å². The third kappa shape index (κ3) is 2.95. The third-order valence-electron chi connectivity index (χ3n) is 4.40. The van der Waals surface area contributed by atoms with Gasteiger partial charge in [0.1, 0.15) is 0 Å². The van der Waals surface area contributed by atoms with Gasteiger partial charge in [0, 0.05) is 34.5 Å². The number of nitrogens with zero attached hydrogens (tertiary/aromatic N) is 1. The highest BCUT2D eigenvalue weighted by Gasteiger charge is 2.31. The van der Waals surface area contributed by atoms with Crippen molar-refractivity contribution in [3.63, 3.8) is 0 Å². The van der Waals surface area contributed by atoms with Crippen molar-refractivity contribution < 1.29 is 4.92 Å². The molecular formula is C16H20N4O2. The van der Waals surface area contributed by atoms with Crippen LogP contribution in [-0.2, 0) is 0 Å². The number of fused-ring (bicyclic) bond motifs is 1. The van der Waals surface area contributed by atoms with Gasteiger partial charge >= 0.3 is 0 Å². The number of aromatic amines is 1. The van der Waals surface area contributed by atoms with E-state index in [2.05, 4.69) is 10.3 Å². The molecule has 1 aromatic carbocycles. The van der Waals surface area contributed by atoms with Crippen molar-refractivity contribution in [3.05, 3.63) is 46.1 Å². The quantitative estimate of drug-likeness (QED) is 0.598. The van der Waals surface area contributed by atoms with Gasteiger partial charge in [0.15, 0.2) is 0 Å². The van der Waals surface area contributed by atoms with E-state index >= 15 is 0 Å². The van der Waals surface area contributed by atoms with Crippen LogP contribution in [0.5, 0.6) is 0 Å². The predicted octanol–water partition coefficient (Wildman–Crippen LogP) is 3.04. The Morgan fingerprint density at radius 1 is 1.36 bits per heavy atom. The van der Waals surface area contributed by atoms with E-state index in [4.69, 9.17) is 5.41 Å². The zero-order chi connectivity index (χ0) is 15.5. The summed E-state index contributed by atoms with van der Waals surface area (Å²) < 4.78 is 0. The molecule has 1 aliphatic rings. The van der Waals surface area contributed by atoms with Crippen LogP contribution in [-0.4, -0.2) is 28.3 Å². The lowest BCUT2D eigenvalue weighted by Crippen LogP contribution is -2.39. The van der Waals surface area contributed by atoms with Crippen LogP contribution in [0.4, 0.5) is 0 Å². The normalized spacial score (nSPS) is 20.4. The van der Waals surface area contributed by atoms with Crippen LogP contribution in [0.3, 0.4) is 0 Å². The number of hydrogen-bond donors (Lipinski definition) is 3. The number of rotatable bonds is 4. The monoisotopic (exact) mass is 300 g/mol. The second kappa shape index (κ2) is 6.17. The molecule has 0 bridgehead atoms. The van der Waals surface area contributed by atoms with Crippen LogP contribution < -0.4 is 5.32 Å². The third-order valence-corrected chi connectivity index (χ3v) is 4.40. The average molecular weight is 300 g/mol. The van der Waals surface area contributed by atoms with Gasteiger partial charge in [-0.3, -0.25) is 15.5 Å². The zero-order valence-corrected chi connectivity index (χ0v) is 12.3. The molecule has 0 radical (unpaired) electrons. The standard InChI is InChI=1S/C16H20N4O2/c17-16-8-4-3-7-15(19-16)13(10-20(21)22)12-9-18-14-6-2-1-5-11(12)14/h1-2,5-6,9,13,15,18H,3-4,7-8,10H2,(H2,17,19). The minimum Gasteiger partial charge on any atom is -0.370 e. The highest BCUT2D eigenvalue weighted by molar-refractivity contribution is 5.84. The van der Waals surface area contributed by atoms with Gasteiger partial charge in [-0.1, -0.05) is 24.6 Å². The summed E-state index contributed by atoms with van der Waals surface area (Å²) in [5.41, 5.74) is 1.97. The van der Waals surface area contributed by atoms with Crippen molar-refractivity contribution in [3.8, 4) is 0 Å². The summed E-state index contributed by atoms with van der Waals surface area (Å²) in [6.45, 7) is -0.118. The lowest BCUT2D eigenvalue weighted by atomic mass is 9.88. The maximum atomic E-state index is 11.2. The number of amidine groups is 1. The SMILES string of the molecule is N=C1CCCCC(C(C[N+](=O)[O-])c2c[nH]c3ccccc23)N1. The van der Waals surface area contributed by atoms with Crippen molar-refractivity contribution >= 4 is 16.7 Å². The first-order chi connectivity index (χ1) is 10.6. The Labute approximate surface area is 128 Å². The summed E-state index contributed by atoms with van der Waals surface area (Å²) in [5, 5.41) is 23.3. The minimum absolute atomic E-state index is 0.0559. The van der Waals surface area contributed by atoms with E-state index in [0.717, 1.165) is 42.1 Å². The van der Waals surface area contributed by atoms with Crippen molar-refractivity contribution in [2.24, 2.45) is 0 Å². The van der Waals surface area contributed by atoms with Gasteiger partial charge in [-0.25, -0.2) is 0 Å². The zero-order valence-electron chi connectivity index (χ0n) is 12.3. The summed E-state index contributed by atoms with van der Waals surface area (Å²) in [7, 11) is 0. The average Bonchev–Trinajstić information content (AvgIpc) is 2.79. The number of para-hydroxylation sites is 1. The molecule has 1 fully saturated rings. The molecule has 1 aliphatic heterocycles. The molecule has 2 aromatic rings. The molecule has 2 atom stereocenters. The number of H-pyrrole nitrogens is 1. The Kier molecular flexibility index (Phi) is 4.09. The minimum atomic E-state index is -0.247. The van der Waals surface area contributed by atoms with Gasteiger partial charge in [-0.05, 0) is 24.5 Å². The van der Waals surface area contributed by atoms with Crippen LogP contribution in [0.15, 0.2) is 30.5 Å². The molecule has 1 aromatic heterocycles. The Bertz CT molecular complexity index is 694. The maximum Gasteiger partial charge on any atom is 0.212 e. The molecule has 1 saturated heterocycles. The molecule has 6 nitrogen and oxygen atoms in total. The summed E-state index contributed by atoms with van der Waals surface area (Å²) in [6, 6.07) is 7.82. The highest BCUT2D eigenvalue weighted by Crippen LogP contribution is 2.31. The van der Waals surface area contributed by atoms with Crippen LogP contribution in [0.1, 0.15) is 37.2 Å². The number of aromatic nitrogens is 1. The van der Waals surface area contributed by atoms with E-state index in [1.165, 1.54) is 0 Å². The predicted molar refractivity (Wildman–Crippen MR) is 86.0 cm³/mol. The molecule has 3 rings (SSSR count). The van der Waals surface area contributed by atoms with Gasteiger partial charge in [0.05, 0.1) is 11.8 Å². The number of hydrogen-bond acceptors (Lipinski definition) is 3. The highest BCUT2D eigenvalue weighted by atomic mass is 16.6. The van der Waals surface area contributed by atoms with E-state index in [0.29, 0.717) is 5.84 Å². The van der Waals surface area contributed by atoms with Crippen LogP contribution in [0.25, 0.3) is 10.9 Å². The summed E-state index contributed by atoms with van der Waals surface area (Å²) in [6.07, 6.45) is 5.45. The lowest BCUT2D eigenvalue weighted by Gasteiger charge is -2.24. The van der Waals surface area contributed by atoms with Gasteiger partial charge in [-0.2, -0.15) is 0 Å². The molecule has 2 unspecified atom stereocenters. The fourth-order valence-corrected chi connectivity index (χ4v) is 3.34. The van der Waals surface area contributed by atoms with Crippen LogP contribution in [0, 0.1) is 15.5 Å². The van der Waals surface area contributed by atoms with E-state index in [-0.39, 0.29) is 23.4 Å².